The second-order valence-corrected chi connectivity index (χ2v) is 11.2. The number of hydrogen-bond acceptors (Lipinski definition) is 11. The lowest BCUT2D eigenvalue weighted by Gasteiger charge is -2.14. The van der Waals surface area contributed by atoms with Crippen LogP contribution >= 0.6 is 11.8 Å². The highest BCUT2D eigenvalue weighted by Crippen LogP contribution is 2.26. The summed E-state index contributed by atoms with van der Waals surface area (Å²) < 4.78 is 37.0. The van der Waals surface area contributed by atoms with Crippen molar-refractivity contribution < 1.29 is 17.9 Å². The molecule has 33 heavy (non-hydrogen) atoms. The molecule has 13 heteroatoms. The Hall–Kier alpha value is -2.06. The molecule has 11 nitrogen and oxygen atoms in total. The summed E-state index contributed by atoms with van der Waals surface area (Å²) in [5.41, 5.74) is 0. The van der Waals surface area contributed by atoms with Crippen LogP contribution in [0.25, 0.3) is 0 Å². The van der Waals surface area contributed by atoms with Crippen LogP contribution in [0.2, 0.25) is 0 Å². The lowest BCUT2D eigenvalue weighted by atomic mass is 10.2. The summed E-state index contributed by atoms with van der Waals surface area (Å²) in [6.07, 6.45) is 5.77. The molecule has 0 bridgehead atoms. The maximum Gasteiger partial charge on any atom is 0.244 e. The Bertz CT molecular complexity index is 987. The second-order valence-electron chi connectivity index (χ2n) is 8.02. The maximum atomic E-state index is 12.3. The number of anilines is 2. The predicted octanol–water partition coefficient (Wildman–Crippen LogP) is 1.85. The highest BCUT2D eigenvalue weighted by atomic mass is 32.2. The smallest absolute Gasteiger partial charge is 0.244 e. The van der Waals surface area contributed by atoms with Gasteiger partial charge in [0, 0.05) is 46.6 Å². The summed E-state index contributed by atoms with van der Waals surface area (Å²) in [6.45, 7) is 2.80. The van der Waals surface area contributed by atoms with Gasteiger partial charge in [0.25, 0.3) is 0 Å². The average Bonchev–Trinajstić information content (AvgIpc) is 3.51. The van der Waals surface area contributed by atoms with Gasteiger partial charge in [0.2, 0.25) is 27.1 Å². The number of nitrogens with one attached hydrogen (secondary N) is 2. The SMILES string of the molecule is CN(C)S(=O)(=O)c1ccc(Sc2nc(NCC3CCCO3)nc(NCC3CCCO3)n2)nc1. The molecule has 4 rings (SSSR count). The van der Waals surface area contributed by atoms with Crippen molar-refractivity contribution in [1.82, 2.24) is 24.2 Å². The van der Waals surface area contributed by atoms with E-state index in [-0.39, 0.29) is 17.1 Å². The van der Waals surface area contributed by atoms with Crippen molar-refractivity contribution in [2.75, 3.05) is 51.0 Å². The topological polar surface area (TPSA) is 131 Å². The first-order valence-corrected chi connectivity index (χ1v) is 13.2. The zero-order valence-electron chi connectivity index (χ0n) is 18.7. The van der Waals surface area contributed by atoms with E-state index in [4.69, 9.17) is 9.47 Å². The molecule has 0 aromatic carbocycles. The Kier molecular flexibility index (Phi) is 7.96. The van der Waals surface area contributed by atoms with Gasteiger partial charge >= 0.3 is 0 Å². The Morgan fingerprint density at radius 1 is 1.00 bits per heavy atom. The van der Waals surface area contributed by atoms with Gasteiger partial charge in [0.05, 0.1) is 12.2 Å². The summed E-state index contributed by atoms with van der Waals surface area (Å²) in [6, 6.07) is 3.17. The minimum atomic E-state index is -3.53. The molecule has 2 aromatic heterocycles. The van der Waals surface area contributed by atoms with E-state index in [9.17, 15) is 8.42 Å². The fourth-order valence-corrected chi connectivity index (χ4v) is 5.01. The van der Waals surface area contributed by atoms with Crippen LogP contribution in [-0.2, 0) is 19.5 Å². The summed E-state index contributed by atoms with van der Waals surface area (Å²) in [5.74, 6) is 0.897. The molecule has 0 spiro atoms. The fraction of sp³-hybridized carbons (Fsp3) is 0.600. The highest BCUT2D eigenvalue weighted by molar-refractivity contribution is 7.99. The van der Waals surface area contributed by atoms with Crippen molar-refractivity contribution >= 4 is 33.7 Å². The molecule has 2 unspecified atom stereocenters. The van der Waals surface area contributed by atoms with Crippen LogP contribution < -0.4 is 10.6 Å². The highest BCUT2D eigenvalue weighted by Gasteiger charge is 2.20. The molecule has 2 aliphatic heterocycles. The van der Waals surface area contributed by atoms with Gasteiger partial charge in [-0.15, -0.1) is 0 Å². The fourth-order valence-electron chi connectivity index (χ4n) is 3.47. The molecule has 2 aliphatic rings. The van der Waals surface area contributed by atoms with E-state index in [1.54, 1.807) is 6.07 Å². The van der Waals surface area contributed by atoms with Gasteiger partial charge in [-0.1, -0.05) is 0 Å². The van der Waals surface area contributed by atoms with Crippen LogP contribution in [0, 0.1) is 0 Å². The second kappa shape index (κ2) is 10.9. The van der Waals surface area contributed by atoms with Crippen LogP contribution in [0.4, 0.5) is 11.9 Å². The standard InChI is InChI=1S/C20H29N7O4S2/c1-27(2)33(28,29)16-7-8-17(21-13-16)32-20-25-18(22-11-14-5-3-9-30-14)24-19(26-20)23-12-15-6-4-10-31-15/h7-8,13-15H,3-6,9-12H2,1-2H3,(H2,22,23,24,25,26). The molecule has 0 radical (unpaired) electrons. The largest absolute Gasteiger partial charge is 0.376 e. The average molecular weight is 496 g/mol. The molecule has 0 saturated carbocycles. The maximum absolute atomic E-state index is 12.3. The van der Waals surface area contributed by atoms with E-state index in [1.807, 2.05) is 0 Å². The third-order valence-electron chi connectivity index (χ3n) is 5.32. The number of rotatable bonds is 10. The number of sulfonamides is 1. The number of hydrogen-bond donors (Lipinski definition) is 2. The van der Waals surface area contributed by atoms with Gasteiger partial charge in [-0.25, -0.2) is 17.7 Å². The zero-order chi connectivity index (χ0) is 23.3. The molecule has 2 fully saturated rings. The van der Waals surface area contributed by atoms with Gasteiger partial charge in [-0.2, -0.15) is 15.0 Å². The quantitative estimate of drug-likeness (QED) is 0.500. The van der Waals surface area contributed by atoms with E-state index in [0.29, 0.717) is 35.2 Å². The first-order chi connectivity index (χ1) is 15.9. The van der Waals surface area contributed by atoms with Crippen LogP contribution in [-0.4, -0.2) is 85.3 Å². The van der Waals surface area contributed by atoms with Crippen LogP contribution in [0.1, 0.15) is 25.7 Å². The normalized spacial score (nSPS) is 20.9. The summed E-state index contributed by atoms with van der Waals surface area (Å²) in [4.78, 5) is 17.9. The first-order valence-electron chi connectivity index (χ1n) is 10.9. The lowest BCUT2D eigenvalue weighted by molar-refractivity contribution is 0.120. The number of pyridine rings is 1. The van der Waals surface area contributed by atoms with Crippen molar-refractivity contribution in [3.8, 4) is 0 Å². The van der Waals surface area contributed by atoms with Crippen molar-refractivity contribution in [1.29, 1.82) is 0 Å². The number of aromatic nitrogens is 4. The van der Waals surface area contributed by atoms with E-state index in [1.165, 1.54) is 38.1 Å². The third kappa shape index (κ3) is 6.51. The summed E-state index contributed by atoms with van der Waals surface area (Å²) in [7, 11) is -0.564. The molecule has 4 heterocycles. The molecule has 0 amide bonds. The summed E-state index contributed by atoms with van der Waals surface area (Å²) in [5, 5.41) is 7.52. The molecule has 0 aliphatic carbocycles. The van der Waals surface area contributed by atoms with Gasteiger partial charge in [-0.3, -0.25) is 0 Å². The minimum absolute atomic E-state index is 0.130. The van der Waals surface area contributed by atoms with E-state index >= 15 is 0 Å². The monoisotopic (exact) mass is 495 g/mol. The van der Waals surface area contributed by atoms with Crippen molar-refractivity contribution in [3.05, 3.63) is 18.3 Å². The Morgan fingerprint density at radius 2 is 1.61 bits per heavy atom. The van der Waals surface area contributed by atoms with Crippen LogP contribution in [0.15, 0.2) is 33.4 Å². The Balaban J connectivity index is 1.48. The van der Waals surface area contributed by atoms with Crippen molar-refractivity contribution in [2.45, 2.75) is 53.0 Å². The van der Waals surface area contributed by atoms with Gasteiger partial charge in [0.15, 0.2) is 0 Å². The number of ether oxygens (including phenoxy) is 2. The molecule has 2 aromatic rings. The molecule has 2 N–H and O–H groups in total. The summed E-state index contributed by atoms with van der Waals surface area (Å²) >= 11 is 1.24. The predicted molar refractivity (Wildman–Crippen MR) is 124 cm³/mol. The first kappa shape index (κ1) is 24.1. The lowest BCUT2D eigenvalue weighted by Crippen LogP contribution is -2.22. The van der Waals surface area contributed by atoms with Gasteiger partial charge in [-0.05, 0) is 49.6 Å². The van der Waals surface area contributed by atoms with Gasteiger partial charge in [0.1, 0.15) is 9.92 Å². The molecule has 2 atom stereocenters. The van der Waals surface area contributed by atoms with Crippen molar-refractivity contribution in [3.63, 3.8) is 0 Å². The Morgan fingerprint density at radius 3 is 2.06 bits per heavy atom. The third-order valence-corrected chi connectivity index (χ3v) is 7.94. The Labute approximate surface area is 198 Å². The van der Waals surface area contributed by atoms with Gasteiger partial charge < -0.3 is 20.1 Å². The van der Waals surface area contributed by atoms with Crippen molar-refractivity contribution in [2.24, 2.45) is 0 Å². The zero-order valence-corrected chi connectivity index (χ0v) is 20.4. The van der Waals surface area contributed by atoms with E-state index < -0.39 is 10.0 Å². The van der Waals surface area contributed by atoms with E-state index in [0.717, 1.165) is 43.2 Å². The van der Waals surface area contributed by atoms with Crippen LogP contribution in [0.5, 0.6) is 0 Å². The molecular formula is C20H29N7O4S2. The molecule has 2 saturated heterocycles. The van der Waals surface area contributed by atoms with Crippen LogP contribution in [0.3, 0.4) is 0 Å². The minimum Gasteiger partial charge on any atom is -0.376 e. The molecular weight excluding hydrogens is 466 g/mol. The number of nitrogens with zero attached hydrogens (tertiary/aromatic N) is 5. The molecule has 180 valence electrons. The van der Waals surface area contributed by atoms with E-state index in [2.05, 4.69) is 30.6 Å².